The molecule has 1 unspecified atom stereocenters. The van der Waals surface area contributed by atoms with Crippen LogP contribution in [-0.4, -0.2) is 37.2 Å². The van der Waals surface area contributed by atoms with Crippen molar-refractivity contribution in [1.82, 2.24) is 0 Å². The van der Waals surface area contributed by atoms with Gasteiger partial charge in [0.15, 0.2) is 6.10 Å². The molecule has 6 heteroatoms. The molecule has 0 spiro atoms. The minimum atomic E-state index is -0.781. The predicted molar refractivity (Wildman–Crippen MR) is 275 cm³/mol. The molecule has 1 atom stereocenters. The third-order valence-corrected chi connectivity index (χ3v) is 11.8. The minimum Gasteiger partial charge on any atom is -0.462 e. The summed E-state index contributed by atoms with van der Waals surface area (Å²) in [4.78, 5) is 38.0. The van der Waals surface area contributed by atoms with Crippen LogP contribution in [0.3, 0.4) is 0 Å². The molecule has 0 aliphatic carbocycles. The van der Waals surface area contributed by atoms with Crippen LogP contribution >= 0.6 is 0 Å². The number of rotatable bonds is 49. The fraction of sp³-hybridized carbons (Fsp3) is 0.776. The molecule has 370 valence electrons. The van der Waals surface area contributed by atoms with Crippen molar-refractivity contribution in [3.63, 3.8) is 0 Å². The number of allylic oxidation sites excluding steroid dienone is 10. The fourth-order valence-electron chi connectivity index (χ4n) is 7.66. The summed E-state index contributed by atoms with van der Waals surface area (Å²) >= 11 is 0. The molecule has 0 aromatic heterocycles. The van der Waals surface area contributed by atoms with E-state index >= 15 is 0 Å². The number of hydrogen-bond acceptors (Lipinski definition) is 6. The Balaban J connectivity index is 4.33. The van der Waals surface area contributed by atoms with Gasteiger partial charge in [0.1, 0.15) is 13.2 Å². The SMILES string of the molecule is CC/C=C\C/C=C\C/C=C\C/C=C\CCCCCCCCC(=O)OCC(COC(=O)CCCCCCCCCCC)OC(=O)CCCCCCC/C=C\CCCCCCCCCCC. The van der Waals surface area contributed by atoms with Crippen LogP contribution in [0.2, 0.25) is 0 Å². The van der Waals surface area contributed by atoms with Gasteiger partial charge in [-0.05, 0) is 83.5 Å². The molecule has 64 heavy (non-hydrogen) atoms. The summed E-state index contributed by atoms with van der Waals surface area (Å²) in [5.41, 5.74) is 0. The third-order valence-electron chi connectivity index (χ3n) is 11.8. The number of ether oxygens (including phenoxy) is 3. The lowest BCUT2D eigenvalue weighted by Crippen LogP contribution is -2.30. The molecule has 0 radical (unpaired) electrons. The van der Waals surface area contributed by atoms with Gasteiger partial charge in [0.25, 0.3) is 0 Å². The zero-order valence-electron chi connectivity index (χ0n) is 42.3. The first-order valence-electron chi connectivity index (χ1n) is 27.3. The summed E-state index contributed by atoms with van der Waals surface area (Å²) in [6, 6.07) is 0. The second-order valence-electron chi connectivity index (χ2n) is 18.1. The van der Waals surface area contributed by atoms with Crippen LogP contribution in [0.15, 0.2) is 60.8 Å². The maximum Gasteiger partial charge on any atom is 0.306 e. The number of hydrogen-bond donors (Lipinski definition) is 0. The van der Waals surface area contributed by atoms with Crippen LogP contribution in [0, 0.1) is 0 Å². The maximum absolute atomic E-state index is 12.8. The highest BCUT2D eigenvalue weighted by atomic mass is 16.6. The van der Waals surface area contributed by atoms with Crippen molar-refractivity contribution >= 4 is 17.9 Å². The molecule has 0 fully saturated rings. The van der Waals surface area contributed by atoms with E-state index in [1.54, 1.807) is 0 Å². The van der Waals surface area contributed by atoms with Gasteiger partial charge >= 0.3 is 17.9 Å². The van der Waals surface area contributed by atoms with Crippen molar-refractivity contribution in [3.05, 3.63) is 60.8 Å². The van der Waals surface area contributed by atoms with Crippen LogP contribution in [0.5, 0.6) is 0 Å². The van der Waals surface area contributed by atoms with E-state index in [0.29, 0.717) is 19.3 Å². The topological polar surface area (TPSA) is 78.9 Å². The number of carbonyl (C=O) groups is 3. The van der Waals surface area contributed by atoms with E-state index in [1.807, 2.05) is 0 Å². The van der Waals surface area contributed by atoms with E-state index in [-0.39, 0.29) is 31.1 Å². The van der Waals surface area contributed by atoms with E-state index < -0.39 is 6.10 Å². The number of carbonyl (C=O) groups excluding carboxylic acids is 3. The normalized spacial score (nSPS) is 12.5. The lowest BCUT2D eigenvalue weighted by molar-refractivity contribution is -0.167. The molecule has 0 heterocycles. The van der Waals surface area contributed by atoms with E-state index in [0.717, 1.165) is 103 Å². The first kappa shape index (κ1) is 61.1. The summed E-state index contributed by atoms with van der Waals surface area (Å²) in [6.45, 7) is 6.50. The van der Waals surface area contributed by atoms with Crippen LogP contribution in [0.25, 0.3) is 0 Å². The van der Waals surface area contributed by atoms with Crippen LogP contribution < -0.4 is 0 Å². The van der Waals surface area contributed by atoms with Crippen molar-refractivity contribution in [2.45, 2.75) is 277 Å². The Morgan fingerprint density at radius 1 is 0.328 bits per heavy atom. The average Bonchev–Trinajstić information content (AvgIpc) is 3.29. The van der Waals surface area contributed by atoms with Gasteiger partial charge in [-0.25, -0.2) is 0 Å². The molecule has 0 bridgehead atoms. The molecule has 0 aliphatic rings. The molecule has 0 aromatic rings. The van der Waals surface area contributed by atoms with E-state index in [1.165, 1.54) is 128 Å². The Kier molecular flexibility index (Phi) is 50.4. The molecule has 0 aliphatic heterocycles. The first-order valence-corrected chi connectivity index (χ1v) is 27.3. The van der Waals surface area contributed by atoms with Crippen molar-refractivity contribution in [2.24, 2.45) is 0 Å². The number of unbranched alkanes of at least 4 members (excludes halogenated alkanes) is 28. The molecular formula is C58H102O6. The summed E-state index contributed by atoms with van der Waals surface area (Å²) in [6.07, 6.45) is 65.0. The van der Waals surface area contributed by atoms with E-state index in [9.17, 15) is 14.4 Å². The van der Waals surface area contributed by atoms with Gasteiger partial charge in [0, 0.05) is 19.3 Å². The molecule has 0 amide bonds. The Bertz CT molecular complexity index is 1170. The van der Waals surface area contributed by atoms with Gasteiger partial charge in [-0.15, -0.1) is 0 Å². The average molecular weight is 895 g/mol. The van der Waals surface area contributed by atoms with E-state index in [4.69, 9.17) is 14.2 Å². The Hall–Kier alpha value is -2.89. The van der Waals surface area contributed by atoms with Crippen LogP contribution in [0.4, 0.5) is 0 Å². The first-order chi connectivity index (χ1) is 31.5. The van der Waals surface area contributed by atoms with Gasteiger partial charge in [-0.2, -0.15) is 0 Å². The molecule has 0 saturated carbocycles. The molecule has 0 aromatic carbocycles. The standard InChI is InChI=1S/C58H102O6/c1-4-7-10-13-16-19-21-23-25-27-29-31-32-34-36-39-42-45-48-51-57(60)63-54-55(53-62-56(59)50-47-44-41-38-18-15-12-9-6-3)64-58(61)52-49-46-43-40-37-35-33-30-28-26-24-22-20-17-14-11-8-5-2/h7,10,16,19,23,25,29-31,33,55H,4-6,8-9,11-15,17-18,20-22,24,26-28,32,34-54H2,1-3H3/b10-7-,19-16-,25-23-,31-29-,33-30-. The summed E-state index contributed by atoms with van der Waals surface area (Å²) in [5, 5.41) is 0. The summed E-state index contributed by atoms with van der Waals surface area (Å²) in [5.74, 6) is -0.899. The fourth-order valence-corrected chi connectivity index (χ4v) is 7.66. The highest BCUT2D eigenvalue weighted by Gasteiger charge is 2.19. The van der Waals surface area contributed by atoms with E-state index in [2.05, 4.69) is 81.5 Å². The lowest BCUT2D eigenvalue weighted by Gasteiger charge is -2.18. The highest BCUT2D eigenvalue weighted by molar-refractivity contribution is 5.71. The van der Waals surface area contributed by atoms with Crippen molar-refractivity contribution < 1.29 is 28.6 Å². The number of esters is 3. The second-order valence-corrected chi connectivity index (χ2v) is 18.1. The van der Waals surface area contributed by atoms with Crippen molar-refractivity contribution in [1.29, 1.82) is 0 Å². The molecular weight excluding hydrogens is 793 g/mol. The van der Waals surface area contributed by atoms with Gasteiger partial charge < -0.3 is 14.2 Å². The Morgan fingerprint density at radius 3 is 0.969 bits per heavy atom. The van der Waals surface area contributed by atoms with Crippen molar-refractivity contribution in [2.75, 3.05) is 13.2 Å². The molecule has 0 saturated heterocycles. The predicted octanol–water partition coefficient (Wildman–Crippen LogP) is 18.0. The van der Waals surface area contributed by atoms with Gasteiger partial charge in [0.05, 0.1) is 0 Å². The molecule has 0 rings (SSSR count). The zero-order valence-corrected chi connectivity index (χ0v) is 42.3. The summed E-state index contributed by atoms with van der Waals surface area (Å²) in [7, 11) is 0. The van der Waals surface area contributed by atoms with Gasteiger partial charge in [0.2, 0.25) is 0 Å². The quantitative estimate of drug-likeness (QED) is 0.0262. The smallest absolute Gasteiger partial charge is 0.306 e. The van der Waals surface area contributed by atoms with Crippen LogP contribution in [0.1, 0.15) is 271 Å². The van der Waals surface area contributed by atoms with Crippen molar-refractivity contribution in [3.8, 4) is 0 Å². The maximum atomic E-state index is 12.8. The largest absolute Gasteiger partial charge is 0.462 e. The van der Waals surface area contributed by atoms with Crippen LogP contribution in [-0.2, 0) is 28.6 Å². The highest BCUT2D eigenvalue weighted by Crippen LogP contribution is 2.15. The summed E-state index contributed by atoms with van der Waals surface area (Å²) < 4.78 is 16.8. The molecule has 6 nitrogen and oxygen atoms in total. The lowest BCUT2D eigenvalue weighted by atomic mass is 10.1. The zero-order chi connectivity index (χ0) is 46.5. The van der Waals surface area contributed by atoms with Gasteiger partial charge in [-0.3, -0.25) is 14.4 Å². The van der Waals surface area contributed by atoms with Gasteiger partial charge in [-0.1, -0.05) is 229 Å². The monoisotopic (exact) mass is 895 g/mol. The third kappa shape index (κ3) is 50.1. The second kappa shape index (κ2) is 52.7. The molecule has 0 N–H and O–H groups in total. The minimum absolute atomic E-state index is 0.0805. The Morgan fingerprint density at radius 2 is 0.609 bits per heavy atom. The Labute approximate surface area is 396 Å².